The Labute approximate surface area is 112 Å². The number of pyridine rings is 1. The number of hydrogen-bond acceptors (Lipinski definition) is 2. The van der Waals surface area contributed by atoms with E-state index < -0.39 is 11.9 Å². The molecule has 0 aliphatic heterocycles. The lowest BCUT2D eigenvalue weighted by Crippen LogP contribution is -2.10. The van der Waals surface area contributed by atoms with Gasteiger partial charge in [0.15, 0.2) is 5.69 Å². The smallest absolute Gasteiger partial charge is 0.434 e. The average Bonchev–Trinajstić information content (AvgIpc) is 2.44. The van der Waals surface area contributed by atoms with Gasteiger partial charge in [-0.2, -0.15) is 13.2 Å². The number of methoxy groups -OCH3 is 1. The number of halogens is 3. The zero-order valence-electron chi connectivity index (χ0n) is 10.5. The average molecular weight is 277 g/mol. The number of ether oxygens (including phenoxy) is 1. The Hall–Kier alpha value is -2.30. The molecule has 2 aromatic carbocycles. The lowest BCUT2D eigenvalue weighted by Gasteiger charge is -2.14. The molecule has 0 aliphatic carbocycles. The standard InChI is InChI=1S/C15H10F3NO/c1-20-12-8-4-6-10-9-5-2-3-7-11(9)19-14(13(10)12)15(16,17)18/h2-8H,1H3. The van der Waals surface area contributed by atoms with Crippen molar-refractivity contribution in [3.63, 3.8) is 0 Å². The molecule has 0 fully saturated rings. The highest BCUT2D eigenvalue weighted by molar-refractivity contribution is 6.09. The molecule has 5 heteroatoms. The Bertz CT molecular complexity index is 796. The van der Waals surface area contributed by atoms with Crippen molar-refractivity contribution >= 4 is 21.7 Å². The van der Waals surface area contributed by atoms with Crippen LogP contribution in [0.1, 0.15) is 5.69 Å². The highest BCUT2D eigenvalue weighted by Crippen LogP contribution is 2.40. The lowest BCUT2D eigenvalue weighted by atomic mass is 10.0. The van der Waals surface area contributed by atoms with Gasteiger partial charge in [-0.15, -0.1) is 0 Å². The van der Waals surface area contributed by atoms with Crippen LogP contribution in [0.15, 0.2) is 42.5 Å². The molecular weight excluding hydrogens is 267 g/mol. The second kappa shape index (κ2) is 4.37. The minimum absolute atomic E-state index is 0.00111. The van der Waals surface area contributed by atoms with Crippen molar-refractivity contribution in [1.82, 2.24) is 4.98 Å². The minimum Gasteiger partial charge on any atom is -0.496 e. The largest absolute Gasteiger partial charge is 0.496 e. The molecule has 0 amide bonds. The number of benzene rings is 2. The van der Waals surface area contributed by atoms with Crippen LogP contribution in [-0.2, 0) is 6.18 Å². The minimum atomic E-state index is -4.53. The summed E-state index contributed by atoms with van der Waals surface area (Å²) in [6.45, 7) is 0. The molecule has 0 N–H and O–H groups in total. The SMILES string of the molecule is COc1cccc2c1c(C(F)(F)F)nc1ccccc12. The van der Waals surface area contributed by atoms with Crippen LogP contribution in [0.5, 0.6) is 5.75 Å². The van der Waals surface area contributed by atoms with E-state index in [0.29, 0.717) is 16.3 Å². The quantitative estimate of drug-likeness (QED) is 0.614. The number of para-hydroxylation sites is 1. The number of rotatable bonds is 1. The topological polar surface area (TPSA) is 22.1 Å². The van der Waals surface area contributed by atoms with Gasteiger partial charge in [-0.25, -0.2) is 4.98 Å². The Morgan fingerprint density at radius 1 is 0.950 bits per heavy atom. The molecule has 0 unspecified atom stereocenters. The van der Waals surface area contributed by atoms with Gasteiger partial charge in [0.2, 0.25) is 0 Å². The van der Waals surface area contributed by atoms with E-state index in [-0.39, 0.29) is 11.1 Å². The third kappa shape index (κ3) is 1.86. The van der Waals surface area contributed by atoms with Crippen LogP contribution < -0.4 is 4.74 Å². The molecule has 0 aliphatic rings. The van der Waals surface area contributed by atoms with Gasteiger partial charge in [0.05, 0.1) is 18.0 Å². The number of hydrogen-bond donors (Lipinski definition) is 0. The monoisotopic (exact) mass is 277 g/mol. The summed E-state index contributed by atoms with van der Waals surface area (Å²) >= 11 is 0. The summed E-state index contributed by atoms with van der Waals surface area (Å²) in [5, 5.41) is 1.16. The number of alkyl halides is 3. The highest BCUT2D eigenvalue weighted by Gasteiger charge is 2.36. The molecule has 0 saturated carbocycles. The second-order valence-corrected chi connectivity index (χ2v) is 4.36. The molecule has 0 atom stereocenters. The first-order valence-corrected chi connectivity index (χ1v) is 5.95. The molecule has 0 spiro atoms. The fourth-order valence-electron chi connectivity index (χ4n) is 2.35. The van der Waals surface area contributed by atoms with Crippen molar-refractivity contribution in [2.45, 2.75) is 6.18 Å². The van der Waals surface area contributed by atoms with Crippen molar-refractivity contribution in [2.24, 2.45) is 0 Å². The van der Waals surface area contributed by atoms with Gasteiger partial charge in [-0.3, -0.25) is 0 Å². The summed E-state index contributed by atoms with van der Waals surface area (Å²) in [5.41, 5.74) is -0.593. The van der Waals surface area contributed by atoms with Crippen molar-refractivity contribution in [3.05, 3.63) is 48.2 Å². The van der Waals surface area contributed by atoms with E-state index in [1.807, 2.05) is 0 Å². The third-order valence-corrected chi connectivity index (χ3v) is 3.18. The van der Waals surface area contributed by atoms with Crippen LogP contribution in [0.2, 0.25) is 0 Å². The van der Waals surface area contributed by atoms with Gasteiger partial charge in [0.1, 0.15) is 5.75 Å². The Morgan fingerprint density at radius 3 is 2.35 bits per heavy atom. The predicted molar refractivity (Wildman–Crippen MR) is 70.8 cm³/mol. The summed E-state index contributed by atoms with van der Waals surface area (Å²) in [4.78, 5) is 3.78. The van der Waals surface area contributed by atoms with E-state index in [9.17, 15) is 13.2 Å². The fraction of sp³-hybridized carbons (Fsp3) is 0.133. The summed E-state index contributed by atoms with van der Waals surface area (Å²) in [5.74, 6) is 0.174. The van der Waals surface area contributed by atoms with Crippen LogP contribution in [0.3, 0.4) is 0 Å². The first-order valence-electron chi connectivity index (χ1n) is 5.95. The molecular formula is C15H10F3NO. The summed E-state index contributed by atoms with van der Waals surface area (Å²) in [7, 11) is 1.35. The molecule has 0 bridgehead atoms. The summed E-state index contributed by atoms with van der Waals surface area (Å²) in [6, 6.07) is 11.6. The predicted octanol–water partition coefficient (Wildman–Crippen LogP) is 4.42. The molecule has 0 saturated heterocycles. The Balaban J connectivity index is 2.58. The van der Waals surface area contributed by atoms with E-state index >= 15 is 0 Å². The van der Waals surface area contributed by atoms with Gasteiger partial charge in [-0.1, -0.05) is 30.3 Å². The zero-order valence-corrected chi connectivity index (χ0v) is 10.5. The van der Waals surface area contributed by atoms with E-state index in [1.54, 1.807) is 36.4 Å². The van der Waals surface area contributed by atoms with Crippen LogP contribution in [-0.4, -0.2) is 12.1 Å². The van der Waals surface area contributed by atoms with Crippen LogP contribution >= 0.6 is 0 Å². The van der Waals surface area contributed by atoms with Crippen molar-refractivity contribution < 1.29 is 17.9 Å². The third-order valence-electron chi connectivity index (χ3n) is 3.18. The lowest BCUT2D eigenvalue weighted by molar-refractivity contribution is -0.139. The van der Waals surface area contributed by atoms with Gasteiger partial charge >= 0.3 is 6.18 Å². The maximum atomic E-state index is 13.2. The molecule has 2 nitrogen and oxygen atoms in total. The number of nitrogens with zero attached hydrogens (tertiary/aromatic N) is 1. The van der Waals surface area contributed by atoms with Crippen LogP contribution in [0, 0.1) is 0 Å². The molecule has 102 valence electrons. The molecule has 20 heavy (non-hydrogen) atoms. The van der Waals surface area contributed by atoms with Gasteiger partial charge in [0, 0.05) is 5.39 Å². The van der Waals surface area contributed by atoms with E-state index in [0.717, 1.165) is 0 Å². The van der Waals surface area contributed by atoms with E-state index in [4.69, 9.17) is 4.74 Å². The number of aromatic nitrogens is 1. The summed E-state index contributed by atoms with van der Waals surface area (Å²) in [6.07, 6.45) is -4.53. The molecule has 1 aromatic heterocycles. The summed E-state index contributed by atoms with van der Waals surface area (Å²) < 4.78 is 44.8. The van der Waals surface area contributed by atoms with Crippen molar-refractivity contribution in [2.75, 3.05) is 7.11 Å². The molecule has 0 radical (unpaired) electrons. The van der Waals surface area contributed by atoms with Gasteiger partial charge < -0.3 is 4.74 Å². The molecule has 3 aromatic rings. The van der Waals surface area contributed by atoms with Crippen LogP contribution in [0.4, 0.5) is 13.2 Å². The first kappa shape index (κ1) is 12.7. The van der Waals surface area contributed by atoms with E-state index in [2.05, 4.69) is 4.98 Å². The normalized spacial score (nSPS) is 12.0. The molecule has 3 rings (SSSR count). The molecule has 1 heterocycles. The fourth-order valence-corrected chi connectivity index (χ4v) is 2.35. The van der Waals surface area contributed by atoms with Crippen molar-refractivity contribution in [1.29, 1.82) is 0 Å². The maximum absolute atomic E-state index is 13.2. The van der Waals surface area contributed by atoms with Crippen molar-refractivity contribution in [3.8, 4) is 5.75 Å². The van der Waals surface area contributed by atoms with Gasteiger partial charge in [-0.05, 0) is 17.5 Å². The maximum Gasteiger partial charge on any atom is 0.434 e. The number of fused-ring (bicyclic) bond motifs is 3. The Kier molecular flexibility index (Phi) is 2.78. The van der Waals surface area contributed by atoms with E-state index in [1.165, 1.54) is 13.2 Å². The first-order chi connectivity index (χ1) is 9.52. The highest BCUT2D eigenvalue weighted by atomic mass is 19.4. The zero-order chi connectivity index (χ0) is 14.3. The van der Waals surface area contributed by atoms with Gasteiger partial charge in [0.25, 0.3) is 0 Å². The second-order valence-electron chi connectivity index (χ2n) is 4.36. The van der Waals surface area contributed by atoms with Crippen LogP contribution in [0.25, 0.3) is 21.7 Å². The Morgan fingerprint density at radius 2 is 1.65 bits per heavy atom.